The van der Waals surface area contributed by atoms with Gasteiger partial charge in [-0.1, -0.05) is 69.4 Å². The number of carbonyl (C=O) groups is 1. The van der Waals surface area contributed by atoms with Gasteiger partial charge in [0.05, 0.1) is 5.02 Å². The van der Waals surface area contributed by atoms with E-state index >= 15 is 0 Å². The van der Waals surface area contributed by atoms with Crippen LogP contribution in [0.5, 0.6) is 11.5 Å². The van der Waals surface area contributed by atoms with Crippen molar-refractivity contribution in [1.82, 2.24) is 0 Å². The molecule has 0 saturated heterocycles. The fourth-order valence-corrected chi connectivity index (χ4v) is 4.88. The molecule has 3 rings (SSSR count). The Kier molecular flexibility index (Phi) is 8.98. The van der Waals surface area contributed by atoms with Crippen LogP contribution < -0.4 is 9.47 Å². The molecule has 0 radical (unpaired) electrons. The number of halogens is 4. The van der Waals surface area contributed by atoms with Gasteiger partial charge in [-0.3, -0.25) is 0 Å². The van der Waals surface area contributed by atoms with Gasteiger partial charge in [-0.2, -0.15) is 0 Å². The molecule has 3 unspecified atom stereocenters. The lowest BCUT2D eigenvalue weighted by molar-refractivity contribution is -0.145. The molecular weight excluding hydrogens is 595 g/mol. The molecule has 0 aliphatic heterocycles. The summed E-state index contributed by atoms with van der Waals surface area (Å²) < 4.78 is 27.5. The highest BCUT2D eigenvalue weighted by Crippen LogP contribution is 2.32. The first-order chi connectivity index (χ1) is 16.1. The second-order valence-electron chi connectivity index (χ2n) is 7.92. The molecule has 5 nitrogen and oxygen atoms in total. The predicted molar refractivity (Wildman–Crippen MR) is 135 cm³/mol. The van der Waals surface area contributed by atoms with Crippen molar-refractivity contribution in [3.05, 3.63) is 91.6 Å². The van der Waals surface area contributed by atoms with Crippen LogP contribution >= 0.6 is 43.5 Å². The van der Waals surface area contributed by atoms with E-state index < -0.39 is 30.1 Å². The Labute approximate surface area is 218 Å². The summed E-state index contributed by atoms with van der Waals surface area (Å²) in [5.74, 6) is -1.26. The number of carboxylic acids is 1. The topological polar surface area (TPSA) is 76.0 Å². The molecule has 3 atom stereocenters. The van der Waals surface area contributed by atoms with Crippen molar-refractivity contribution in [1.29, 1.82) is 0 Å². The molecule has 0 saturated carbocycles. The van der Waals surface area contributed by atoms with Gasteiger partial charge in [0.25, 0.3) is 0 Å². The molecule has 0 aliphatic rings. The number of hydrogen-bond acceptors (Lipinski definition) is 4. The molecule has 0 fully saturated rings. The van der Waals surface area contributed by atoms with Crippen LogP contribution in [0.4, 0.5) is 4.39 Å². The highest BCUT2D eigenvalue weighted by molar-refractivity contribution is 9.11. The predicted octanol–water partition coefficient (Wildman–Crippen LogP) is 7.35. The minimum atomic E-state index is -1.25. The van der Waals surface area contributed by atoms with Crippen LogP contribution in [0.3, 0.4) is 0 Å². The monoisotopic (exact) mass is 614 g/mol. The van der Waals surface area contributed by atoms with Crippen molar-refractivity contribution in [2.75, 3.05) is 0 Å². The number of aliphatic hydroxyl groups excluding tert-OH is 1. The van der Waals surface area contributed by atoms with E-state index in [-0.39, 0.29) is 16.5 Å². The van der Waals surface area contributed by atoms with E-state index in [0.29, 0.717) is 26.0 Å². The van der Waals surface area contributed by atoms with Crippen molar-refractivity contribution in [3.8, 4) is 11.5 Å². The molecule has 180 valence electrons. The van der Waals surface area contributed by atoms with E-state index in [1.807, 2.05) is 13.8 Å². The highest BCUT2D eigenvalue weighted by Gasteiger charge is 2.29. The number of hydrogen-bond donors (Lipinski definition) is 2. The SMILES string of the molecule is CC(C)C(Oc1ccc(OC(C(=O)O)c2cc(Br)cc(Br)c2)cc1)C(O)c1cccc(Cl)c1F. The summed E-state index contributed by atoms with van der Waals surface area (Å²) in [5.41, 5.74) is 0.510. The van der Waals surface area contributed by atoms with Gasteiger partial charge in [0.1, 0.15) is 29.5 Å². The summed E-state index contributed by atoms with van der Waals surface area (Å²) in [5, 5.41) is 20.4. The fraction of sp³-hybridized carbons (Fsp3) is 0.240. The fourth-order valence-electron chi connectivity index (χ4n) is 3.37. The van der Waals surface area contributed by atoms with Crippen LogP contribution in [-0.2, 0) is 4.79 Å². The normalized spacial score (nSPS) is 13.9. The molecule has 9 heteroatoms. The first kappa shape index (κ1) is 26.5. The average Bonchev–Trinajstić information content (AvgIpc) is 2.77. The third-order valence-electron chi connectivity index (χ3n) is 5.03. The van der Waals surface area contributed by atoms with Gasteiger partial charge < -0.3 is 19.7 Å². The van der Waals surface area contributed by atoms with Crippen molar-refractivity contribution in [2.24, 2.45) is 5.92 Å². The summed E-state index contributed by atoms with van der Waals surface area (Å²) >= 11 is 12.6. The molecule has 0 aliphatic carbocycles. The Bertz CT molecular complexity index is 1140. The van der Waals surface area contributed by atoms with Gasteiger partial charge >= 0.3 is 5.97 Å². The number of aliphatic hydroxyl groups is 1. The van der Waals surface area contributed by atoms with E-state index in [1.54, 1.807) is 48.5 Å². The second kappa shape index (κ2) is 11.5. The lowest BCUT2D eigenvalue weighted by Gasteiger charge is -2.28. The summed E-state index contributed by atoms with van der Waals surface area (Å²) in [6.45, 7) is 3.70. The van der Waals surface area contributed by atoms with Crippen LogP contribution in [0.25, 0.3) is 0 Å². The van der Waals surface area contributed by atoms with E-state index in [2.05, 4.69) is 31.9 Å². The minimum absolute atomic E-state index is 0.0515. The van der Waals surface area contributed by atoms with Gasteiger partial charge in [0.2, 0.25) is 6.10 Å². The first-order valence-electron chi connectivity index (χ1n) is 10.3. The molecule has 3 aromatic carbocycles. The average molecular weight is 617 g/mol. The lowest BCUT2D eigenvalue weighted by atomic mass is 9.95. The van der Waals surface area contributed by atoms with Gasteiger partial charge in [0, 0.05) is 20.1 Å². The summed E-state index contributed by atoms with van der Waals surface area (Å²) in [7, 11) is 0. The Hall–Kier alpha value is -2.13. The van der Waals surface area contributed by atoms with Crippen molar-refractivity contribution in [2.45, 2.75) is 32.2 Å². The Morgan fingerprint density at radius 3 is 2.06 bits per heavy atom. The van der Waals surface area contributed by atoms with Crippen molar-refractivity contribution >= 4 is 49.4 Å². The Morgan fingerprint density at radius 2 is 1.53 bits per heavy atom. The maximum atomic E-state index is 14.4. The molecule has 0 heterocycles. The third kappa shape index (κ3) is 6.50. The molecule has 0 aromatic heterocycles. The molecule has 0 bridgehead atoms. The number of benzene rings is 3. The zero-order valence-corrected chi connectivity index (χ0v) is 22.1. The van der Waals surface area contributed by atoms with E-state index in [4.69, 9.17) is 21.1 Å². The minimum Gasteiger partial charge on any atom is -0.487 e. The van der Waals surface area contributed by atoms with Crippen molar-refractivity contribution < 1.29 is 28.9 Å². The largest absolute Gasteiger partial charge is 0.487 e. The van der Waals surface area contributed by atoms with Gasteiger partial charge in [-0.25, -0.2) is 9.18 Å². The van der Waals surface area contributed by atoms with E-state index in [1.165, 1.54) is 12.1 Å². The zero-order valence-electron chi connectivity index (χ0n) is 18.2. The maximum Gasteiger partial charge on any atom is 0.349 e. The Morgan fingerprint density at radius 1 is 0.971 bits per heavy atom. The number of carboxylic acid groups (broad SMARTS) is 1. The summed E-state index contributed by atoms with van der Waals surface area (Å²) in [6, 6.07) is 15.9. The summed E-state index contributed by atoms with van der Waals surface area (Å²) in [4.78, 5) is 11.8. The van der Waals surface area contributed by atoms with Crippen LogP contribution in [0, 0.1) is 11.7 Å². The van der Waals surface area contributed by atoms with Gasteiger partial charge in [-0.15, -0.1) is 0 Å². The second-order valence-corrected chi connectivity index (χ2v) is 10.2. The maximum absolute atomic E-state index is 14.4. The number of ether oxygens (including phenoxy) is 2. The molecule has 0 amide bonds. The van der Waals surface area contributed by atoms with Crippen LogP contribution in [0.2, 0.25) is 5.02 Å². The third-order valence-corrected chi connectivity index (χ3v) is 6.24. The molecule has 34 heavy (non-hydrogen) atoms. The molecule has 2 N–H and O–H groups in total. The smallest absolute Gasteiger partial charge is 0.349 e. The highest BCUT2D eigenvalue weighted by atomic mass is 79.9. The van der Waals surface area contributed by atoms with Gasteiger partial charge in [-0.05, 0) is 54.4 Å². The van der Waals surface area contributed by atoms with Gasteiger partial charge in [0.15, 0.2) is 0 Å². The molecular formula is C25H22Br2ClFO5. The standard InChI is InChI=1S/C25H22Br2ClFO5/c1-13(2)23(22(30)19-4-3-5-20(28)21(19)29)33-17-6-8-18(9-7-17)34-24(25(31)32)14-10-15(26)12-16(27)11-14/h3-13,22-24,30H,1-2H3,(H,31,32). The Balaban J connectivity index is 1.78. The molecule has 0 spiro atoms. The zero-order chi connectivity index (χ0) is 25.0. The van der Waals surface area contributed by atoms with E-state index in [9.17, 15) is 19.4 Å². The van der Waals surface area contributed by atoms with Crippen LogP contribution in [0.15, 0.2) is 69.6 Å². The van der Waals surface area contributed by atoms with E-state index in [0.717, 1.165) is 0 Å². The number of rotatable bonds is 9. The summed E-state index contributed by atoms with van der Waals surface area (Å²) in [6.07, 6.45) is -3.23. The quantitative estimate of drug-likeness (QED) is 0.263. The molecule has 3 aromatic rings. The first-order valence-corrected chi connectivity index (χ1v) is 12.3. The van der Waals surface area contributed by atoms with Crippen molar-refractivity contribution in [3.63, 3.8) is 0 Å². The van der Waals surface area contributed by atoms with Crippen LogP contribution in [0.1, 0.15) is 37.2 Å². The van der Waals surface area contributed by atoms with Crippen LogP contribution in [-0.4, -0.2) is 22.3 Å². The number of aliphatic carboxylic acids is 1. The lowest BCUT2D eigenvalue weighted by Crippen LogP contribution is -2.31.